The van der Waals surface area contributed by atoms with E-state index in [0.717, 1.165) is 6.42 Å². The number of amides is 1. The van der Waals surface area contributed by atoms with Gasteiger partial charge in [-0.2, -0.15) is 0 Å². The number of anilines is 2. The van der Waals surface area contributed by atoms with Gasteiger partial charge in [0, 0.05) is 26.8 Å². The Morgan fingerprint density at radius 3 is 2.55 bits per heavy atom. The summed E-state index contributed by atoms with van der Waals surface area (Å²) < 4.78 is 0. The molecule has 1 heterocycles. The third kappa shape index (κ3) is 3.59. The van der Waals surface area contributed by atoms with E-state index in [0.29, 0.717) is 12.4 Å². The van der Waals surface area contributed by atoms with Crippen LogP contribution in [0, 0.1) is 0 Å². The zero-order valence-electron chi connectivity index (χ0n) is 12.0. The van der Waals surface area contributed by atoms with Crippen molar-refractivity contribution in [3.8, 4) is 0 Å². The summed E-state index contributed by atoms with van der Waals surface area (Å²) in [5.41, 5.74) is 5.93. The molecule has 0 atom stereocenters. The van der Waals surface area contributed by atoms with E-state index in [-0.39, 0.29) is 23.7 Å². The molecule has 1 amide bonds. The fourth-order valence-electron chi connectivity index (χ4n) is 1.74. The second-order valence-electron chi connectivity index (χ2n) is 4.61. The number of likely N-dealkylation sites (N-methyl/N-ethyl adjacent to an activating group) is 1. The first-order valence-electron chi connectivity index (χ1n) is 6.31. The summed E-state index contributed by atoms with van der Waals surface area (Å²) in [5.74, 6) is -0.871. The van der Waals surface area contributed by atoms with Crippen molar-refractivity contribution in [2.75, 3.05) is 37.8 Å². The van der Waals surface area contributed by atoms with E-state index in [9.17, 15) is 9.59 Å². The number of rotatable bonds is 6. The second kappa shape index (κ2) is 6.74. The minimum absolute atomic E-state index is 0.00611. The van der Waals surface area contributed by atoms with E-state index in [1.165, 1.54) is 17.2 Å². The fourth-order valence-corrected chi connectivity index (χ4v) is 1.74. The molecule has 0 aliphatic carbocycles. The van der Waals surface area contributed by atoms with Crippen molar-refractivity contribution in [3.05, 3.63) is 17.8 Å². The molecule has 7 nitrogen and oxygen atoms in total. The number of carbonyl (C=O) groups is 2. The molecule has 0 saturated carbocycles. The predicted molar refractivity (Wildman–Crippen MR) is 76.8 cm³/mol. The normalized spacial score (nSPS) is 10.2. The highest BCUT2D eigenvalue weighted by Gasteiger charge is 2.19. The van der Waals surface area contributed by atoms with Gasteiger partial charge in [-0.25, -0.2) is 9.78 Å². The Morgan fingerprint density at radius 1 is 1.40 bits per heavy atom. The first kappa shape index (κ1) is 15.7. The highest BCUT2D eigenvalue weighted by atomic mass is 16.4. The van der Waals surface area contributed by atoms with Crippen molar-refractivity contribution >= 4 is 23.4 Å². The monoisotopic (exact) mass is 280 g/mol. The average Bonchev–Trinajstić information content (AvgIpc) is 2.38. The number of carboxylic acid groups (broad SMARTS) is 1. The molecule has 0 fully saturated rings. The van der Waals surface area contributed by atoms with Gasteiger partial charge in [0.25, 0.3) is 0 Å². The van der Waals surface area contributed by atoms with Crippen LogP contribution in [0.25, 0.3) is 0 Å². The van der Waals surface area contributed by atoms with Gasteiger partial charge in [0.2, 0.25) is 5.91 Å². The summed E-state index contributed by atoms with van der Waals surface area (Å²) in [7, 11) is 3.33. The Labute approximate surface area is 118 Å². The maximum Gasteiger partial charge on any atom is 0.337 e. The highest BCUT2D eigenvalue weighted by Crippen LogP contribution is 2.24. The molecule has 1 aromatic heterocycles. The summed E-state index contributed by atoms with van der Waals surface area (Å²) in [5, 5.41) is 9.07. The molecule has 20 heavy (non-hydrogen) atoms. The minimum Gasteiger partial charge on any atom is -0.478 e. The van der Waals surface area contributed by atoms with E-state index in [2.05, 4.69) is 4.98 Å². The predicted octanol–water partition coefficient (Wildman–Crippen LogP) is 0.667. The van der Waals surface area contributed by atoms with Gasteiger partial charge in [-0.05, 0) is 12.5 Å². The molecule has 0 aromatic carbocycles. The second-order valence-corrected chi connectivity index (χ2v) is 4.61. The first-order valence-corrected chi connectivity index (χ1v) is 6.31. The smallest absolute Gasteiger partial charge is 0.337 e. The molecule has 0 bridgehead atoms. The molecule has 0 saturated heterocycles. The third-order valence-electron chi connectivity index (χ3n) is 2.82. The quantitative estimate of drug-likeness (QED) is 0.794. The average molecular weight is 280 g/mol. The number of aromatic carboxylic acids is 1. The summed E-state index contributed by atoms with van der Waals surface area (Å²) >= 11 is 0. The summed E-state index contributed by atoms with van der Waals surface area (Å²) in [6.45, 7) is 2.64. The van der Waals surface area contributed by atoms with Crippen LogP contribution in [-0.4, -0.2) is 54.1 Å². The van der Waals surface area contributed by atoms with Gasteiger partial charge in [0.15, 0.2) is 5.82 Å². The van der Waals surface area contributed by atoms with Gasteiger partial charge < -0.3 is 20.6 Å². The molecular formula is C13H20N4O3. The van der Waals surface area contributed by atoms with Crippen LogP contribution in [0.15, 0.2) is 12.3 Å². The number of carboxylic acids is 1. The SMILES string of the molecule is CCCN(CC(=O)N(C)C)c1nccc(C(=O)O)c1N. The number of carbonyl (C=O) groups excluding carboxylic acids is 1. The van der Waals surface area contributed by atoms with Crippen LogP contribution in [-0.2, 0) is 4.79 Å². The lowest BCUT2D eigenvalue weighted by atomic mass is 10.2. The zero-order chi connectivity index (χ0) is 15.3. The van der Waals surface area contributed by atoms with E-state index in [4.69, 9.17) is 10.8 Å². The Bertz CT molecular complexity index is 502. The van der Waals surface area contributed by atoms with Crippen LogP contribution in [0.2, 0.25) is 0 Å². The fraction of sp³-hybridized carbons (Fsp3) is 0.462. The zero-order valence-corrected chi connectivity index (χ0v) is 12.0. The Morgan fingerprint density at radius 2 is 2.05 bits per heavy atom. The number of nitrogen functional groups attached to an aromatic ring is 1. The number of pyridine rings is 1. The molecule has 1 aromatic rings. The Balaban J connectivity index is 3.12. The van der Waals surface area contributed by atoms with Gasteiger partial charge >= 0.3 is 5.97 Å². The maximum atomic E-state index is 11.8. The molecule has 3 N–H and O–H groups in total. The number of nitrogens with zero attached hydrogens (tertiary/aromatic N) is 3. The number of nitrogens with two attached hydrogens (primary N) is 1. The van der Waals surface area contributed by atoms with Gasteiger partial charge in [-0.3, -0.25) is 4.79 Å². The van der Waals surface area contributed by atoms with Gasteiger partial charge in [0.1, 0.15) is 0 Å². The molecule has 0 aliphatic rings. The lowest BCUT2D eigenvalue weighted by Crippen LogP contribution is -2.38. The number of hydrogen-bond acceptors (Lipinski definition) is 5. The third-order valence-corrected chi connectivity index (χ3v) is 2.82. The van der Waals surface area contributed by atoms with Gasteiger partial charge in [-0.15, -0.1) is 0 Å². The molecule has 0 unspecified atom stereocenters. The summed E-state index contributed by atoms with van der Waals surface area (Å²) in [6, 6.07) is 1.35. The Kier molecular flexibility index (Phi) is 5.31. The van der Waals surface area contributed by atoms with E-state index >= 15 is 0 Å². The molecule has 0 aliphatic heterocycles. The molecule has 7 heteroatoms. The van der Waals surface area contributed by atoms with Gasteiger partial charge in [0.05, 0.1) is 17.8 Å². The van der Waals surface area contributed by atoms with E-state index < -0.39 is 5.97 Å². The van der Waals surface area contributed by atoms with Gasteiger partial charge in [-0.1, -0.05) is 6.92 Å². The summed E-state index contributed by atoms with van der Waals surface area (Å²) in [6.07, 6.45) is 2.18. The largest absolute Gasteiger partial charge is 0.478 e. The van der Waals surface area contributed by atoms with Crippen LogP contribution in [0.5, 0.6) is 0 Å². The lowest BCUT2D eigenvalue weighted by molar-refractivity contribution is -0.127. The standard InChI is InChI=1S/C13H20N4O3/c1-4-7-17(8-10(18)16(2)3)12-11(14)9(13(19)20)5-6-15-12/h5-6H,4,7-8,14H2,1-3H3,(H,19,20). The maximum absolute atomic E-state index is 11.8. The van der Waals surface area contributed by atoms with Crippen molar-refractivity contribution in [2.45, 2.75) is 13.3 Å². The van der Waals surface area contributed by atoms with Crippen molar-refractivity contribution in [3.63, 3.8) is 0 Å². The molecule has 0 radical (unpaired) electrons. The minimum atomic E-state index is -1.11. The number of hydrogen-bond donors (Lipinski definition) is 2. The molecular weight excluding hydrogens is 260 g/mol. The van der Waals surface area contributed by atoms with Crippen molar-refractivity contribution in [1.82, 2.24) is 9.88 Å². The molecule has 0 spiro atoms. The topological polar surface area (TPSA) is 99.8 Å². The summed E-state index contributed by atoms with van der Waals surface area (Å²) in [4.78, 5) is 30.2. The first-order chi connectivity index (χ1) is 9.38. The number of aromatic nitrogens is 1. The molecule has 110 valence electrons. The Hall–Kier alpha value is -2.31. The van der Waals surface area contributed by atoms with E-state index in [1.807, 2.05) is 6.92 Å². The van der Waals surface area contributed by atoms with Crippen LogP contribution in [0.3, 0.4) is 0 Å². The van der Waals surface area contributed by atoms with Crippen molar-refractivity contribution < 1.29 is 14.7 Å². The highest BCUT2D eigenvalue weighted by molar-refractivity contribution is 5.96. The molecule has 1 rings (SSSR count). The van der Waals surface area contributed by atoms with Crippen LogP contribution < -0.4 is 10.6 Å². The lowest BCUT2D eigenvalue weighted by Gasteiger charge is -2.25. The van der Waals surface area contributed by atoms with Crippen LogP contribution in [0.1, 0.15) is 23.7 Å². The van der Waals surface area contributed by atoms with Crippen molar-refractivity contribution in [2.24, 2.45) is 0 Å². The van der Waals surface area contributed by atoms with E-state index in [1.54, 1.807) is 19.0 Å². The van der Waals surface area contributed by atoms with Crippen LogP contribution in [0.4, 0.5) is 11.5 Å². The van der Waals surface area contributed by atoms with Crippen LogP contribution >= 0.6 is 0 Å². The van der Waals surface area contributed by atoms with Crippen molar-refractivity contribution in [1.29, 1.82) is 0 Å².